The molecule has 5 nitrogen and oxygen atoms in total. The first-order chi connectivity index (χ1) is 5.69. The first-order valence-electron chi connectivity index (χ1n) is 3.77. The highest BCUT2D eigenvalue weighted by molar-refractivity contribution is 5.76. The van der Waals surface area contributed by atoms with Crippen molar-refractivity contribution < 1.29 is 24.3 Å². The van der Waals surface area contributed by atoms with Crippen LogP contribution in [0.2, 0.25) is 0 Å². The average Bonchev–Trinajstić information content (AvgIpc) is 2.06. The molecule has 1 aliphatic rings. The molecule has 1 aliphatic heterocycles. The van der Waals surface area contributed by atoms with Gasteiger partial charge in [0, 0.05) is 0 Å². The number of carbonyl (C=O) groups is 1. The predicted molar refractivity (Wildman–Crippen MR) is 37.7 cm³/mol. The summed E-state index contributed by atoms with van der Waals surface area (Å²) in [7, 11) is 0. The van der Waals surface area contributed by atoms with Crippen LogP contribution in [0.1, 0.15) is 13.8 Å². The van der Waals surface area contributed by atoms with E-state index in [1.54, 1.807) is 13.8 Å². The quantitative estimate of drug-likeness (QED) is 0.451. The third-order valence-corrected chi connectivity index (χ3v) is 1.62. The highest BCUT2D eigenvalue weighted by Crippen LogP contribution is 2.23. The van der Waals surface area contributed by atoms with Crippen molar-refractivity contribution in [2.75, 3.05) is 19.8 Å². The lowest BCUT2D eigenvalue weighted by molar-refractivity contribution is -0.546. The molecule has 1 rings (SSSR count). The Bertz CT molecular complexity index is 161. The van der Waals surface area contributed by atoms with Crippen LogP contribution in [0.4, 0.5) is 0 Å². The van der Waals surface area contributed by atoms with Crippen molar-refractivity contribution in [3.8, 4) is 0 Å². The molecule has 0 radical (unpaired) electrons. The largest absolute Gasteiger partial charge is 0.465 e. The van der Waals surface area contributed by atoms with E-state index in [1.807, 2.05) is 0 Å². The number of ether oxygens (including phenoxy) is 1. The Hall–Kier alpha value is -0.650. The molecule has 0 saturated carbocycles. The maximum atomic E-state index is 11.3. The van der Waals surface area contributed by atoms with Gasteiger partial charge in [-0.1, -0.05) is 5.04 Å². The van der Waals surface area contributed by atoms with E-state index in [9.17, 15) is 4.79 Å². The second-order valence-electron chi connectivity index (χ2n) is 2.87. The molecule has 0 amide bonds. The standard InChI is InChI=1S/C7H12O5/c1-3-9-6(8)7(2)4-10-12-11-5-7/h3-5H2,1-2H3. The van der Waals surface area contributed by atoms with Crippen molar-refractivity contribution in [2.24, 2.45) is 5.41 Å². The fourth-order valence-corrected chi connectivity index (χ4v) is 0.807. The zero-order valence-electron chi connectivity index (χ0n) is 7.16. The minimum absolute atomic E-state index is 0.159. The van der Waals surface area contributed by atoms with E-state index in [0.717, 1.165) is 0 Å². The molecule has 0 aromatic rings. The van der Waals surface area contributed by atoms with Crippen LogP contribution in [0, 0.1) is 5.41 Å². The second kappa shape index (κ2) is 3.84. The molecule has 1 saturated heterocycles. The van der Waals surface area contributed by atoms with E-state index in [4.69, 9.17) is 4.74 Å². The molecular weight excluding hydrogens is 164 g/mol. The first kappa shape index (κ1) is 9.44. The molecule has 1 heterocycles. The summed E-state index contributed by atoms with van der Waals surface area (Å²) in [5, 5.41) is 4.19. The van der Waals surface area contributed by atoms with Gasteiger partial charge in [-0.3, -0.25) is 4.79 Å². The molecule has 1 fully saturated rings. The Morgan fingerprint density at radius 2 is 2.08 bits per heavy atom. The maximum Gasteiger partial charge on any atom is 0.316 e. The average molecular weight is 176 g/mol. The number of hydrogen-bond donors (Lipinski definition) is 0. The van der Waals surface area contributed by atoms with Gasteiger partial charge in [0.05, 0.1) is 6.61 Å². The SMILES string of the molecule is CCOC(=O)C1(C)COOOC1. The van der Waals surface area contributed by atoms with Crippen molar-refractivity contribution in [3.63, 3.8) is 0 Å². The molecule has 5 heteroatoms. The third kappa shape index (κ3) is 1.94. The molecule has 0 aliphatic carbocycles. The fraction of sp³-hybridized carbons (Fsp3) is 0.857. The van der Waals surface area contributed by atoms with Gasteiger partial charge >= 0.3 is 5.97 Å². The summed E-state index contributed by atoms with van der Waals surface area (Å²) in [6, 6.07) is 0. The molecular formula is C7H12O5. The molecule has 0 N–H and O–H groups in total. The summed E-state index contributed by atoms with van der Waals surface area (Å²) in [6.45, 7) is 4.13. The van der Waals surface area contributed by atoms with Crippen LogP contribution in [0.15, 0.2) is 0 Å². The highest BCUT2D eigenvalue weighted by atomic mass is 17.5. The van der Waals surface area contributed by atoms with E-state index in [1.165, 1.54) is 0 Å². The predicted octanol–water partition coefficient (Wildman–Crippen LogP) is 0.449. The van der Waals surface area contributed by atoms with E-state index in [-0.39, 0.29) is 19.2 Å². The van der Waals surface area contributed by atoms with Crippen LogP contribution in [0.25, 0.3) is 0 Å². The van der Waals surface area contributed by atoms with Gasteiger partial charge in [0.2, 0.25) is 0 Å². The lowest BCUT2D eigenvalue weighted by Crippen LogP contribution is -2.42. The number of rotatable bonds is 2. The maximum absolute atomic E-state index is 11.3. The van der Waals surface area contributed by atoms with Crippen molar-refractivity contribution in [2.45, 2.75) is 13.8 Å². The van der Waals surface area contributed by atoms with Crippen molar-refractivity contribution in [1.29, 1.82) is 0 Å². The lowest BCUT2D eigenvalue weighted by atomic mass is 9.93. The number of carbonyl (C=O) groups excluding carboxylic acids is 1. The van der Waals surface area contributed by atoms with Gasteiger partial charge in [-0.15, -0.1) is 0 Å². The van der Waals surface area contributed by atoms with Gasteiger partial charge in [-0.05, 0) is 13.8 Å². The Kier molecular flexibility index (Phi) is 3.02. The van der Waals surface area contributed by atoms with Gasteiger partial charge < -0.3 is 4.74 Å². The van der Waals surface area contributed by atoms with Crippen LogP contribution in [0.3, 0.4) is 0 Å². The van der Waals surface area contributed by atoms with Crippen molar-refractivity contribution >= 4 is 5.97 Å². The second-order valence-corrected chi connectivity index (χ2v) is 2.87. The molecule has 0 bridgehead atoms. The molecule has 0 atom stereocenters. The van der Waals surface area contributed by atoms with Crippen LogP contribution < -0.4 is 0 Å². The Balaban J connectivity index is 2.50. The summed E-state index contributed by atoms with van der Waals surface area (Å²) < 4.78 is 4.83. The van der Waals surface area contributed by atoms with E-state index >= 15 is 0 Å². The van der Waals surface area contributed by atoms with E-state index in [0.29, 0.717) is 6.61 Å². The normalized spacial score (nSPS) is 21.8. The smallest absolute Gasteiger partial charge is 0.316 e. The molecule has 0 spiro atoms. The Morgan fingerprint density at radius 3 is 2.58 bits per heavy atom. The lowest BCUT2D eigenvalue weighted by Gasteiger charge is -2.28. The number of esters is 1. The van der Waals surface area contributed by atoms with Crippen LogP contribution >= 0.6 is 0 Å². The summed E-state index contributed by atoms with van der Waals surface area (Å²) >= 11 is 0. The molecule has 0 aromatic heterocycles. The monoisotopic (exact) mass is 176 g/mol. The molecule has 0 aromatic carbocycles. The van der Waals surface area contributed by atoms with Gasteiger partial charge in [-0.2, -0.15) is 0 Å². The van der Waals surface area contributed by atoms with E-state index in [2.05, 4.69) is 14.8 Å². The zero-order valence-corrected chi connectivity index (χ0v) is 7.16. The minimum Gasteiger partial charge on any atom is -0.465 e. The molecule has 70 valence electrons. The zero-order chi connectivity index (χ0) is 9.03. The summed E-state index contributed by atoms with van der Waals surface area (Å²) in [5.74, 6) is -0.326. The fourth-order valence-electron chi connectivity index (χ4n) is 0.807. The van der Waals surface area contributed by atoms with Crippen molar-refractivity contribution in [3.05, 3.63) is 0 Å². The van der Waals surface area contributed by atoms with Gasteiger partial charge in [0.15, 0.2) is 0 Å². The number of hydrogen-bond acceptors (Lipinski definition) is 5. The van der Waals surface area contributed by atoms with E-state index < -0.39 is 5.41 Å². The van der Waals surface area contributed by atoms with Crippen LogP contribution in [-0.2, 0) is 24.3 Å². The van der Waals surface area contributed by atoms with Gasteiger partial charge in [0.25, 0.3) is 0 Å². The van der Waals surface area contributed by atoms with Gasteiger partial charge in [-0.25, -0.2) is 9.78 Å². The topological polar surface area (TPSA) is 54.0 Å². The minimum atomic E-state index is -0.742. The van der Waals surface area contributed by atoms with Crippen molar-refractivity contribution in [1.82, 2.24) is 0 Å². The summed E-state index contributed by atoms with van der Waals surface area (Å²) in [6.07, 6.45) is 0. The van der Waals surface area contributed by atoms with Gasteiger partial charge in [0.1, 0.15) is 18.6 Å². The van der Waals surface area contributed by atoms with Crippen LogP contribution in [-0.4, -0.2) is 25.8 Å². The first-order valence-corrected chi connectivity index (χ1v) is 3.77. The molecule has 0 unspecified atom stereocenters. The summed E-state index contributed by atoms with van der Waals surface area (Å²) in [5.41, 5.74) is -0.742. The Labute approximate surface area is 70.4 Å². The highest BCUT2D eigenvalue weighted by Gasteiger charge is 2.39. The third-order valence-electron chi connectivity index (χ3n) is 1.62. The van der Waals surface area contributed by atoms with Crippen LogP contribution in [0.5, 0.6) is 0 Å². The molecule has 12 heavy (non-hydrogen) atoms. The summed E-state index contributed by atoms with van der Waals surface area (Å²) in [4.78, 5) is 20.3. The Morgan fingerprint density at radius 1 is 1.50 bits per heavy atom.